The summed E-state index contributed by atoms with van der Waals surface area (Å²) < 4.78 is 0. The molecule has 1 heterocycles. The number of carbonyl (C=O) groups is 1. The Morgan fingerprint density at radius 3 is 2.75 bits per heavy atom. The highest BCUT2D eigenvalue weighted by Crippen LogP contribution is 2.18. The smallest absolute Gasteiger partial charge is 0.251 e. The van der Waals surface area contributed by atoms with Gasteiger partial charge in [0.15, 0.2) is 5.16 Å². The van der Waals surface area contributed by atoms with Gasteiger partial charge in [0.2, 0.25) is 5.91 Å². The van der Waals surface area contributed by atoms with E-state index in [1.165, 1.54) is 23.4 Å². The first-order valence-corrected chi connectivity index (χ1v) is 9.05. The molecule has 0 bridgehead atoms. The van der Waals surface area contributed by atoms with Crippen LogP contribution >= 0.6 is 11.8 Å². The van der Waals surface area contributed by atoms with Crippen molar-refractivity contribution in [3.63, 3.8) is 0 Å². The summed E-state index contributed by atoms with van der Waals surface area (Å²) in [7, 11) is 0. The van der Waals surface area contributed by atoms with Crippen LogP contribution in [0.15, 0.2) is 46.3 Å². The predicted molar refractivity (Wildman–Crippen MR) is 97.3 cm³/mol. The average molecular weight is 345 g/mol. The maximum atomic E-state index is 12.2. The lowest BCUT2D eigenvalue weighted by molar-refractivity contribution is -0.120. The summed E-state index contributed by atoms with van der Waals surface area (Å²) in [4.78, 5) is 30.9. The first-order valence-electron chi connectivity index (χ1n) is 8.17. The van der Waals surface area contributed by atoms with Crippen molar-refractivity contribution < 1.29 is 4.79 Å². The number of hydrogen-bond donors (Lipinski definition) is 2. The van der Waals surface area contributed by atoms with Crippen LogP contribution in [0.25, 0.3) is 0 Å². The maximum Gasteiger partial charge on any atom is 0.251 e. The molecule has 0 fully saturated rings. The predicted octanol–water partition coefficient (Wildman–Crippen LogP) is 2.56. The Balaban J connectivity index is 1.86. The molecule has 0 saturated heterocycles. The number of nitrogens with zero attached hydrogens (tertiary/aromatic N) is 1. The highest BCUT2D eigenvalue weighted by molar-refractivity contribution is 8.00. The fourth-order valence-corrected chi connectivity index (χ4v) is 3.12. The minimum atomic E-state index is -0.319. The summed E-state index contributed by atoms with van der Waals surface area (Å²) in [6, 6.07) is 11.5. The molecule has 0 aliphatic rings. The molecule has 0 aliphatic heterocycles. The second-order valence-corrected chi connectivity index (χ2v) is 6.91. The third-order valence-corrected chi connectivity index (χ3v) is 4.48. The summed E-state index contributed by atoms with van der Waals surface area (Å²) >= 11 is 1.27. The normalized spacial score (nSPS) is 11.9. The largest absolute Gasteiger partial charge is 0.355 e. The molecular formula is C18H23N3O2S. The lowest BCUT2D eigenvalue weighted by atomic mass is 10.1. The average Bonchev–Trinajstić information content (AvgIpc) is 2.55. The molecular weight excluding hydrogens is 322 g/mol. The number of aryl methyl sites for hydroxylation is 1. The number of benzene rings is 1. The highest BCUT2D eigenvalue weighted by Gasteiger charge is 2.15. The molecule has 1 aromatic carbocycles. The molecule has 0 aliphatic carbocycles. The van der Waals surface area contributed by atoms with Gasteiger partial charge in [0.05, 0.1) is 5.25 Å². The quantitative estimate of drug-likeness (QED) is 0.569. The van der Waals surface area contributed by atoms with E-state index in [9.17, 15) is 9.59 Å². The number of aromatic amines is 1. The first kappa shape index (κ1) is 18.3. The van der Waals surface area contributed by atoms with Crippen LogP contribution in [0.1, 0.15) is 31.5 Å². The van der Waals surface area contributed by atoms with E-state index in [1.807, 2.05) is 44.2 Å². The molecule has 1 unspecified atom stereocenters. The lowest BCUT2D eigenvalue weighted by Gasteiger charge is -2.12. The zero-order valence-corrected chi connectivity index (χ0v) is 14.9. The van der Waals surface area contributed by atoms with E-state index in [0.29, 0.717) is 11.7 Å². The third kappa shape index (κ3) is 5.85. The maximum absolute atomic E-state index is 12.2. The Morgan fingerprint density at radius 1 is 1.29 bits per heavy atom. The molecule has 1 aromatic heterocycles. The number of thioether (sulfide) groups is 1. The van der Waals surface area contributed by atoms with Crippen molar-refractivity contribution in [2.45, 2.75) is 43.5 Å². The van der Waals surface area contributed by atoms with Gasteiger partial charge in [-0.05, 0) is 25.3 Å². The second kappa shape index (κ2) is 9.27. The number of H-pyrrole nitrogens is 1. The number of aromatic nitrogens is 2. The van der Waals surface area contributed by atoms with Gasteiger partial charge in [-0.3, -0.25) is 9.59 Å². The summed E-state index contributed by atoms with van der Waals surface area (Å²) in [5.74, 6) is -0.0560. The van der Waals surface area contributed by atoms with Gasteiger partial charge in [0.25, 0.3) is 5.56 Å². The molecule has 0 radical (unpaired) electrons. The van der Waals surface area contributed by atoms with Gasteiger partial charge >= 0.3 is 0 Å². The zero-order valence-electron chi connectivity index (χ0n) is 14.0. The van der Waals surface area contributed by atoms with Gasteiger partial charge in [-0.1, -0.05) is 55.4 Å². The highest BCUT2D eigenvalue weighted by atomic mass is 32.2. The molecule has 1 atom stereocenters. The molecule has 128 valence electrons. The van der Waals surface area contributed by atoms with Crippen LogP contribution in [0.3, 0.4) is 0 Å². The molecule has 0 saturated carbocycles. The molecule has 2 rings (SSSR count). The Labute approximate surface area is 146 Å². The summed E-state index contributed by atoms with van der Waals surface area (Å²) in [6.45, 7) is 4.45. The van der Waals surface area contributed by atoms with Crippen LogP contribution in [0.2, 0.25) is 0 Å². The van der Waals surface area contributed by atoms with Crippen molar-refractivity contribution in [3.05, 3.63) is 58.0 Å². The van der Waals surface area contributed by atoms with Gasteiger partial charge in [0.1, 0.15) is 0 Å². The monoisotopic (exact) mass is 345 g/mol. The van der Waals surface area contributed by atoms with Gasteiger partial charge < -0.3 is 10.3 Å². The number of nitrogens with one attached hydrogen (secondary N) is 2. The van der Waals surface area contributed by atoms with E-state index in [2.05, 4.69) is 15.3 Å². The van der Waals surface area contributed by atoms with Crippen molar-refractivity contribution in [2.24, 2.45) is 0 Å². The van der Waals surface area contributed by atoms with Gasteiger partial charge in [0, 0.05) is 18.3 Å². The van der Waals surface area contributed by atoms with Crippen molar-refractivity contribution in [1.82, 2.24) is 15.3 Å². The van der Waals surface area contributed by atoms with Crippen LogP contribution in [0, 0.1) is 0 Å². The fourth-order valence-electron chi connectivity index (χ4n) is 2.26. The van der Waals surface area contributed by atoms with Gasteiger partial charge in [-0.2, -0.15) is 0 Å². The zero-order chi connectivity index (χ0) is 17.4. The molecule has 5 nitrogen and oxygen atoms in total. The first-order chi connectivity index (χ1) is 11.6. The summed E-state index contributed by atoms with van der Waals surface area (Å²) in [5.41, 5.74) is 1.78. The van der Waals surface area contributed by atoms with E-state index >= 15 is 0 Å². The van der Waals surface area contributed by atoms with Crippen LogP contribution < -0.4 is 10.9 Å². The lowest BCUT2D eigenvalue weighted by Crippen LogP contribution is -2.32. The van der Waals surface area contributed by atoms with E-state index in [4.69, 9.17) is 0 Å². The number of rotatable bonds is 8. The Kier molecular flexibility index (Phi) is 7.06. The molecule has 24 heavy (non-hydrogen) atoms. The fraction of sp³-hybridized carbons (Fsp3) is 0.389. The van der Waals surface area contributed by atoms with Crippen LogP contribution in [-0.2, 0) is 17.6 Å². The Bertz CT molecular complexity index is 716. The molecule has 2 N–H and O–H groups in total. The third-order valence-electron chi connectivity index (χ3n) is 3.49. The topological polar surface area (TPSA) is 74.8 Å². The minimum Gasteiger partial charge on any atom is -0.355 e. The van der Waals surface area contributed by atoms with E-state index < -0.39 is 0 Å². The number of amides is 1. The Morgan fingerprint density at radius 2 is 2.04 bits per heavy atom. The molecule has 0 spiro atoms. The minimum absolute atomic E-state index is 0.0560. The van der Waals surface area contributed by atoms with Crippen molar-refractivity contribution in [3.8, 4) is 0 Å². The van der Waals surface area contributed by atoms with Crippen LogP contribution in [0.4, 0.5) is 0 Å². The summed E-state index contributed by atoms with van der Waals surface area (Å²) in [6.07, 6.45) is 2.48. The van der Waals surface area contributed by atoms with E-state index in [1.54, 1.807) is 0 Å². The van der Waals surface area contributed by atoms with Gasteiger partial charge in [-0.15, -0.1) is 0 Å². The van der Waals surface area contributed by atoms with E-state index in [0.717, 1.165) is 25.0 Å². The van der Waals surface area contributed by atoms with Crippen molar-refractivity contribution in [1.29, 1.82) is 0 Å². The number of hydrogen-bond acceptors (Lipinski definition) is 4. The molecule has 1 amide bonds. The van der Waals surface area contributed by atoms with Crippen LogP contribution in [-0.4, -0.2) is 27.7 Å². The van der Waals surface area contributed by atoms with E-state index in [-0.39, 0.29) is 16.7 Å². The second-order valence-electron chi connectivity index (χ2n) is 5.58. The van der Waals surface area contributed by atoms with Crippen molar-refractivity contribution in [2.75, 3.05) is 6.54 Å². The molecule has 2 aromatic rings. The van der Waals surface area contributed by atoms with Crippen LogP contribution in [0.5, 0.6) is 0 Å². The Hall–Kier alpha value is -2.08. The van der Waals surface area contributed by atoms with Crippen molar-refractivity contribution >= 4 is 17.7 Å². The standard InChI is InChI=1S/C18H23N3O2S/c1-3-7-15-12-16(22)21-18(20-15)24-13(2)17(23)19-11-10-14-8-5-4-6-9-14/h4-6,8-9,12-13H,3,7,10-11H2,1-2H3,(H,19,23)(H,20,21,22). The number of carbonyl (C=O) groups excluding carboxylic acids is 1. The SMILES string of the molecule is CCCc1cc(=O)[nH]c(SC(C)C(=O)NCCc2ccccc2)n1. The van der Waals surface area contributed by atoms with Gasteiger partial charge in [-0.25, -0.2) is 4.98 Å². The summed E-state index contributed by atoms with van der Waals surface area (Å²) in [5, 5.41) is 3.10. The molecule has 6 heteroatoms.